The number of aromatic nitrogens is 2. The summed E-state index contributed by atoms with van der Waals surface area (Å²) in [5.74, 6) is -0.392. The summed E-state index contributed by atoms with van der Waals surface area (Å²) >= 11 is 6.00. The molecule has 0 aliphatic rings. The first kappa shape index (κ1) is 16.8. The van der Waals surface area contributed by atoms with Gasteiger partial charge in [-0.15, -0.1) is 0 Å². The molecule has 2 aromatic rings. The van der Waals surface area contributed by atoms with Gasteiger partial charge in [-0.25, -0.2) is 9.18 Å². The number of nitrogens with zero attached hydrogens (tertiary/aromatic N) is 4. The summed E-state index contributed by atoms with van der Waals surface area (Å²) in [4.78, 5) is 25.6. The second kappa shape index (κ2) is 6.26. The molecule has 0 atom stereocenters. The van der Waals surface area contributed by atoms with Gasteiger partial charge in [-0.1, -0.05) is 17.7 Å². The van der Waals surface area contributed by atoms with Gasteiger partial charge in [-0.2, -0.15) is 5.26 Å². The molecule has 0 saturated carbocycles. The maximum absolute atomic E-state index is 13.9. The molecule has 0 radical (unpaired) electrons. The third-order valence-corrected chi connectivity index (χ3v) is 3.92. The van der Waals surface area contributed by atoms with E-state index in [0.29, 0.717) is 0 Å². The van der Waals surface area contributed by atoms with E-state index < -0.39 is 17.1 Å². The third-order valence-electron chi connectivity index (χ3n) is 3.56. The Morgan fingerprint density at radius 2 is 1.96 bits per heavy atom. The fourth-order valence-corrected chi connectivity index (χ4v) is 2.60. The van der Waals surface area contributed by atoms with E-state index in [1.807, 2.05) is 6.07 Å². The van der Waals surface area contributed by atoms with Crippen LogP contribution in [0.1, 0.15) is 11.1 Å². The maximum atomic E-state index is 13.9. The minimum atomic E-state index is -0.697. The van der Waals surface area contributed by atoms with Crippen LogP contribution in [0.2, 0.25) is 5.02 Å². The molecule has 2 rings (SSSR count). The molecule has 23 heavy (non-hydrogen) atoms. The van der Waals surface area contributed by atoms with E-state index in [9.17, 15) is 19.2 Å². The molecule has 6 nitrogen and oxygen atoms in total. The van der Waals surface area contributed by atoms with Crippen LogP contribution in [0.4, 0.5) is 10.2 Å². The Hall–Kier alpha value is -2.59. The van der Waals surface area contributed by atoms with Crippen molar-refractivity contribution in [3.8, 4) is 6.07 Å². The predicted molar refractivity (Wildman–Crippen MR) is 85.2 cm³/mol. The van der Waals surface area contributed by atoms with Crippen molar-refractivity contribution < 1.29 is 4.39 Å². The van der Waals surface area contributed by atoms with Crippen LogP contribution < -0.4 is 16.1 Å². The van der Waals surface area contributed by atoms with Gasteiger partial charge in [-0.3, -0.25) is 13.9 Å². The van der Waals surface area contributed by atoms with Crippen LogP contribution in [0.5, 0.6) is 0 Å². The van der Waals surface area contributed by atoms with E-state index in [-0.39, 0.29) is 28.5 Å². The zero-order valence-electron chi connectivity index (χ0n) is 12.8. The lowest BCUT2D eigenvalue weighted by atomic mass is 10.2. The highest BCUT2D eigenvalue weighted by molar-refractivity contribution is 6.31. The lowest BCUT2D eigenvalue weighted by Crippen LogP contribution is -2.41. The minimum absolute atomic E-state index is 0.000629. The first-order valence-electron chi connectivity index (χ1n) is 6.63. The van der Waals surface area contributed by atoms with Crippen molar-refractivity contribution in [3.63, 3.8) is 0 Å². The predicted octanol–water partition coefficient (Wildman–Crippen LogP) is 1.38. The zero-order chi connectivity index (χ0) is 17.3. The summed E-state index contributed by atoms with van der Waals surface area (Å²) in [6, 6.07) is 6.10. The molecule has 0 unspecified atom stereocenters. The summed E-state index contributed by atoms with van der Waals surface area (Å²) in [5, 5.41) is 9.48. The molecule has 0 saturated heterocycles. The van der Waals surface area contributed by atoms with Crippen molar-refractivity contribution in [2.75, 3.05) is 11.9 Å². The largest absolute Gasteiger partial charge is 0.355 e. The summed E-state index contributed by atoms with van der Waals surface area (Å²) in [6.45, 7) is 0.000629. The fourth-order valence-electron chi connectivity index (χ4n) is 2.37. The Bertz CT molecular complexity index is 907. The number of rotatable bonds is 3. The van der Waals surface area contributed by atoms with Gasteiger partial charge in [0.05, 0.1) is 0 Å². The van der Waals surface area contributed by atoms with Crippen LogP contribution in [0.25, 0.3) is 0 Å². The Balaban J connectivity index is 2.61. The molecule has 0 aliphatic heterocycles. The topological polar surface area (TPSA) is 71.0 Å². The molecule has 8 heteroatoms. The molecule has 1 heterocycles. The van der Waals surface area contributed by atoms with Crippen LogP contribution >= 0.6 is 11.6 Å². The van der Waals surface area contributed by atoms with E-state index in [4.69, 9.17) is 11.6 Å². The van der Waals surface area contributed by atoms with Crippen LogP contribution in [-0.2, 0) is 20.6 Å². The maximum Gasteiger partial charge on any atom is 0.332 e. The van der Waals surface area contributed by atoms with Gasteiger partial charge in [0.2, 0.25) is 0 Å². The van der Waals surface area contributed by atoms with Crippen LogP contribution in [0.3, 0.4) is 0 Å². The molecule has 0 aliphatic carbocycles. The van der Waals surface area contributed by atoms with Crippen LogP contribution in [0, 0.1) is 17.1 Å². The van der Waals surface area contributed by atoms with Crippen LogP contribution in [0.15, 0.2) is 27.8 Å². The minimum Gasteiger partial charge on any atom is -0.355 e. The van der Waals surface area contributed by atoms with Gasteiger partial charge in [0.15, 0.2) is 5.56 Å². The van der Waals surface area contributed by atoms with Gasteiger partial charge in [0.25, 0.3) is 5.56 Å². The number of hydrogen-bond donors (Lipinski definition) is 0. The van der Waals surface area contributed by atoms with E-state index >= 15 is 0 Å². The van der Waals surface area contributed by atoms with E-state index in [0.717, 1.165) is 4.57 Å². The molecule has 0 spiro atoms. The molecule has 0 amide bonds. The molecule has 1 aromatic carbocycles. The van der Waals surface area contributed by atoms with Crippen molar-refractivity contribution in [2.45, 2.75) is 6.54 Å². The monoisotopic (exact) mass is 336 g/mol. The quantitative estimate of drug-likeness (QED) is 0.849. The second-order valence-electron chi connectivity index (χ2n) is 5.07. The van der Waals surface area contributed by atoms with E-state index in [2.05, 4.69) is 0 Å². The van der Waals surface area contributed by atoms with Gasteiger partial charge in [-0.05, 0) is 12.1 Å². The fraction of sp³-hybridized carbons (Fsp3) is 0.267. The molecule has 0 fully saturated rings. The number of hydrogen-bond acceptors (Lipinski definition) is 4. The second-order valence-corrected chi connectivity index (χ2v) is 5.48. The normalized spacial score (nSPS) is 10.4. The molecule has 0 bridgehead atoms. The van der Waals surface area contributed by atoms with Crippen molar-refractivity contribution in [2.24, 2.45) is 14.1 Å². The summed E-state index contributed by atoms with van der Waals surface area (Å²) < 4.78 is 16.0. The van der Waals surface area contributed by atoms with Gasteiger partial charge in [0.1, 0.15) is 17.7 Å². The first-order chi connectivity index (χ1) is 10.8. The Morgan fingerprint density at radius 1 is 1.30 bits per heavy atom. The number of anilines is 1. The SMILES string of the molecule is CN(Cc1c(F)cccc1Cl)c1c(C#N)c(=O)n(C)c(=O)n1C. The molecular formula is C15H14ClFN4O2. The van der Waals surface area contributed by atoms with Crippen molar-refractivity contribution >= 4 is 17.4 Å². The standard InChI is InChI=1S/C15H14ClFN4O2/c1-19(8-10-11(16)5-4-6-12(10)17)13-9(7-18)14(22)21(3)15(23)20(13)2/h4-6H,8H2,1-3H3. The Labute approximate surface area is 136 Å². The van der Waals surface area contributed by atoms with E-state index in [1.54, 1.807) is 13.1 Å². The molecular weight excluding hydrogens is 323 g/mol. The number of nitriles is 1. The summed E-state index contributed by atoms with van der Waals surface area (Å²) in [6.07, 6.45) is 0. The smallest absolute Gasteiger partial charge is 0.332 e. The first-order valence-corrected chi connectivity index (χ1v) is 7.01. The lowest BCUT2D eigenvalue weighted by molar-refractivity contribution is 0.604. The molecule has 120 valence electrons. The van der Waals surface area contributed by atoms with Crippen molar-refractivity contribution in [1.29, 1.82) is 5.26 Å². The lowest BCUT2D eigenvalue weighted by Gasteiger charge is -2.23. The number of benzene rings is 1. The molecule has 1 aromatic heterocycles. The van der Waals surface area contributed by atoms with Crippen molar-refractivity contribution in [3.05, 3.63) is 61.0 Å². The third kappa shape index (κ3) is 2.85. The highest BCUT2D eigenvalue weighted by atomic mass is 35.5. The van der Waals surface area contributed by atoms with Crippen LogP contribution in [-0.4, -0.2) is 16.2 Å². The number of halogens is 2. The zero-order valence-corrected chi connectivity index (χ0v) is 13.6. The molecule has 0 N–H and O–H groups in total. The van der Waals surface area contributed by atoms with Gasteiger partial charge >= 0.3 is 5.69 Å². The Morgan fingerprint density at radius 3 is 2.52 bits per heavy atom. The average Bonchev–Trinajstić information content (AvgIpc) is 2.52. The summed E-state index contributed by atoms with van der Waals surface area (Å²) in [5.41, 5.74) is -1.24. The van der Waals surface area contributed by atoms with Gasteiger partial charge < -0.3 is 4.90 Å². The van der Waals surface area contributed by atoms with E-state index in [1.165, 1.54) is 35.7 Å². The van der Waals surface area contributed by atoms with Crippen molar-refractivity contribution in [1.82, 2.24) is 9.13 Å². The highest BCUT2D eigenvalue weighted by Crippen LogP contribution is 2.23. The van der Waals surface area contributed by atoms with Gasteiger partial charge in [0, 0.05) is 38.3 Å². The Kier molecular flexibility index (Phi) is 4.57. The highest BCUT2D eigenvalue weighted by Gasteiger charge is 2.20. The summed E-state index contributed by atoms with van der Waals surface area (Å²) in [7, 11) is 4.29. The average molecular weight is 337 g/mol.